The van der Waals surface area contributed by atoms with Crippen LogP contribution < -0.4 is 10.2 Å². The van der Waals surface area contributed by atoms with E-state index in [0.29, 0.717) is 11.5 Å². The largest absolute Gasteiger partial charge is 0.465 e. The molecule has 1 aliphatic heterocycles. The maximum atomic E-state index is 11.5. The molecule has 2 heterocycles. The van der Waals surface area contributed by atoms with Gasteiger partial charge in [-0.3, -0.25) is 0 Å². The van der Waals surface area contributed by atoms with Crippen molar-refractivity contribution in [1.29, 1.82) is 0 Å². The summed E-state index contributed by atoms with van der Waals surface area (Å²) < 4.78 is 4.71. The van der Waals surface area contributed by atoms with Crippen molar-refractivity contribution in [3.63, 3.8) is 0 Å². The lowest BCUT2D eigenvalue weighted by Gasteiger charge is -2.18. The molecule has 130 valence electrons. The second kappa shape index (κ2) is 6.84. The number of hydrogen-bond acceptors (Lipinski definition) is 6. The monoisotopic (exact) mass is 346 g/mol. The van der Waals surface area contributed by atoms with Crippen LogP contribution in [-0.2, 0) is 11.2 Å². The standard InChI is InChI=1S/C20H18N4O2/c1-26-19(25)15-6-8-16(9-7-15)22-20-21-12-10-18(23-20)24-13-11-14-4-2-3-5-17(14)24/h2-10,12H,11,13H2,1H3,(H,21,22,23). The van der Waals surface area contributed by atoms with Crippen molar-refractivity contribution in [2.24, 2.45) is 0 Å². The molecule has 0 saturated heterocycles. The molecule has 0 atom stereocenters. The number of anilines is 4. The first-order valence-electron chi connectivity index (χ1n) is 8.38. The molecule has 0 fully saturated rings. The summed E-state index contributed by atoms with van der Waals surface area (Å²) in [4.78, 5) is 22.6. The van der Waals surface area contributed by atoms with Crippen molar-refractivity contribution in [1.82, 2.24) is 9.97 Å². The Hall–Kier alpha value is -3.41. The van der Waals surface area contributed by atoms with Gasteiger partial charge in [0.25, 0.3) is 0 Å². The molecule has 0 amide bonds. The summed E-state index contributed by atoms with van der Waals surface area (Å²) in [5.74, 6) is 1.01. The second-order valence-corrected chi connectivity index (χ2v) is 5.96. The Kier molecular flexibility index (Phi) is 4.23. The SMILES string of the molecule is COC(=O)c1ccc(Nc2nccc(N3CCc4ccccc43)n2)cc1. The Labute approximate surface area is 151 Å². The van der Waals surface area contributed by atoms with E-state index >= 15 is 0 Å². The third-order valence-electron chi connectivity index (χ3n) is 4.37. The van der Waals surface area contributed by atoms with Crippen LogP contribution in [0, 0.1) is 0 Å². The molecule has 0 aliphatic carbocycles. The van der Waals surface area contributed by atoms with Gasteiger partial charge in [-0.2, -0.15) is 4.98 Å². The minimum atomic E-state index is -0.359. The summed E-state index contributed by atoms with van der Waals surface area (Å²) in [6.45, 7) is 0.906. The number of nitrogens with zero attached hydrogens (tertiary/aromatic N) is 3. The fraction of sp³-hybridized carbons (Fsp3) is 0.150. The molecule has 0 saturated carbocycles. The highest BCUT2D eigenvalue weighted by atomic mass is 16.5. The third kappa shape index (κ3) is 3.09. The van der Waals surface area contributed by atoms with Crippen LogP contribution in [0.5, 0.6) is 0 Å². The summed E-state index contributed by atoms with van der Waals surface area (Å²) in [5, 5.41) is 3.17. The zero-order chi connectivity index (χ0) is 17.9. The van der Waals surface area contributed by atoms with E-state index in [2.05, 4.69) is 38.4 Å². The third-order valence-corrected chi connectivity index (χ3v) is 4.37. The number of esters is 1. The van der Waals surface area contributed by atoms with Crippen LogP contribution in [-0.4, -0.2) is 29.6 Å². The van der Waals surface area contributed by atoms with Gasteiger partial charge in [0, 0.05) is 24.1 Å². The van der Waals surface area contributed by atoms with E-state index in [4.69, 9.17) is 4.74 Å². The summed E-state index contributed by atoms with van der Waals surface area (Å²) in [5.41, 5.74) is 3.83. The number of carbonyl (C=O) groups excluding carboxylic acids is 1. The first-order chi connectivity index (χ1) is 12.7. The number of ether oxygens (including phenoxy) is 1. The predicted octanol–water partition coefficient (Wildman–Crippen LogP) is 3.70. The average molecular weight is 346 g/mol. The fourth-order valence-corrected chi connectivity index (χ4v) is 3.07. The van der Waals surface area contributed by atoms with Crippen LogP contribution in [0.4, 0.5) is 23.1 Å². The number of carbonyl (C=O) groups is 1. The molecule has 26 heavy (non-hydrogen) atoms. The van der Waals surface area contributed by atoms with Crippen LogP contribution in [0.25, 0.3) is 0 Å². The van der Waals surface area contributed by atoms with E-state index < -0.39 is 0 Å². The zero-order valence-electron chi connectivity index (χ0n) is 14.3. The molecule has 1 aromatic heterocycles. The molecule has 2 aromatic carbocycles. The van der Waals surface area contributed by atoms with E-state index in [9.17, 15) is 4.79 Å². The van der Waals surface area contributed by atoms with Crippen molar-refractivity contribution in [2.75, 3.05) is 23.9 Å². The van der Waals surface area contributed by atoms with Gasteiger partial charge in [0.1, 0.15) is 5.82 Å². The summed E-state index contributed by atoms with van der Waals surface area (Å²) >= 11 is 0. The smallest absolute Gasteiger partial charge is 0.337 e. The molecule has 0 unspecified atom stereocenters. The van der Waals surface area contributed by atoms with Gasteiger partial charge in [-0.15, -0.1) is 0 Å². The van der Waals surface area contributed by atoms with E-state index in [1.807, 2.05) is 12.1 Å². The molecule has 4 rings (SSSR count). The van der Waals surface area contributed by atoms with Crippen molar-refractivity contribution in [3.05, 3.63) is 71.9 Å². The highest BCUT2D eigenvalue weighted by molar-refractivity contribution is 5.89. The highest BCUT2D eigenvalue weighted by Crippen LogP contribution is 2.33. The van der Waals surface area contributed by atoms with E-state index in [1.165, 1.54) is 18.4 Å². The molecule has 1 N–H and O–H groups in total. The predicted molar refractivity (Wildman–Crippen MR) is 100 cm³/mol. The maximum absolute atomic E-state index is 11.5. The fourth-order valence-electron chi connectivity index (χ4n) is 3.07. The maximum Gasteiger partial charge on any atom is 0.337 e. The normalized spacial score (nSPS) is 12.6. The Morgan fingerprint density at radius 1 is 1.12 bits per heavy atom. The summed E-state index contributed by atoms with van der Waals surface area (Å²) in [6.07, 6.45) is 2.76. The first-order valence-corrected chi connectivity index (χ1v) is 8.38. The number of rotatable bonds is 4. The lowest BCUT2D eigenvalue weighted by atomic mass is 10.2. The quantitative estimate of drug-likeness (QED) is 0.727. The molecule has 6 heteroatoms. The van der Waals surface area contributed by atoms with Crippen molar-refractivity contribution in [3.8, 4) is 0 Å². The van der Waals surface area contributed by atoms with Crippen LogP contribution in [0.15, 0.2) is 60.8 Å². The summed E-state index contributed by atoms with van der Waals surface area (Å²) in [6, 6.07) is 17.3. The average Bonchev–Trinajstić information content (AvgIpc) is 3.12. The van der Waals surface area contributed by atoms with E-state index in [1.54, 1.807) is 30.5 Å². The topological polar surface area (TPSA) is 67.3 Å². The Morgan fingerprint density at radius 2 is 1.92 bits per heavy atom. The van der Waals surface area contributed by atoms with Gasteiger partial charge in [0.2, 0.25) is 5.95 Å². The zero-order valence-corrected chi connectivity index (χ0v) is 14.3. The lowest BCUT2D eigenvalue weighted by molar-refractivity contribution is 0.0601. The number of benzene rings is 2. The van der Waals surface area contributed by atoms with Gasteiger partial charge in [0.05, 0.1) is 12.7 Å². The minimum absolute atomic E-state index is 0.359. The number of aromatic nitrogens is 2. The number of methoxy groups -OCH3 is 1. The van der Waals surface area contributed by atoms with Crippen LogP contribution in [0.3, 0.4) is 0 Å². The highest BCUT2D eigenvalue weighted by Gasteiger charge is 2.21. The molecule has 0 spiro atoms. The Morgan fingerprint density at radius 3 is 2.73 bits per heavy atom. The minimum Gasteiger partial charge on any atom is -0.465 e. The van der Waals surface area contributed by atoms with Gasteiger partial charge in [-0.25, -0.2) is 9.78 Å². The lowest BCUT2D eigenvalue weighted by Crippen LogP contribution is -2.15. The van der Waals surface area contributed by atoms with Gasteiger partial charge in [-0.05, 0) is 48.4 Å². The second-order valence-electron chi connectivity index (χ2n) is 5.96. The molecular formula is C20H18N4O2. The van der Waals surface area contributed by atoms with Gasteiger partial charge >= 0.3 is 5.97 Å². The van der Waals surface area contributed by atoms with Gasteiger partial charge < -0.3 is 15.0 Å². The number of fused-ring (bicyclic) bond motifs is 1. The van der Waals surface area contributed by atoms with E-state index in [-0.39, 0.29) is 5.97 Å². The number of hydrogen-bond donors (Lipinski definition) is 1. The van der Waals surface area contributed by atoms with Crippen molar-refractivity contribution >= 4 is 29.1 Å². The Bertz CT molecular complexity index is 941. The number of para-hydroxylation sites is 1. The molecule has 6 nitrogen and oxygen atoms in total. The van der Waals surface area contributed by atoms with Crippen molar-refractivity contribution in [2.45, 2.75) is 6.42 Å². The molecule has 0 radical (unpaired) electrons. The molecule has 0 bridgehead atoms. The summed E-state index contributed by atoms with van der Waals surface area (Å²) in [7, 11) is 1.37. The van der Waals surface area contributed by atoms with Crippen LogP contribution in [0.1, 0.15) is 15.9 Å². The van der Waals surface area contributed by atoms with Gasteiger partial charge in [0.15, 0.2) is 0 Å². The number of nitrogens with one attached hydrogen (secondary N) is 1. The first kappa shape index (κ1) is 16.1. The molecule has 1 aliphatic rings. The van der Waals surface area contributed by atoms with Crippen LogP contribution in [0.2, 0.25) is 0 Å². The Balaban J connectivity index is 1.54. The van der Waals surface area contributed by atoms with E-state index in [0.717, 1.165) is 24.5 Å². The van der Waals surface area contributed by atoms with Crippen LogP contribution >= 0.6 is 0 Å². The molecular weight excluding hydrogens is 328 g/mol. The van der Waals surface area contributed by atoms with Gasteiger partial charge in [-0.1, -0.05) is 18.2 Å². The van der Waals surface area contributed by atoms with Crippen molar-refractivity contribution < 1.29 is 9.53 Å². The molecule has 3 aromatic rings.